The van der Waals surface area contributed by atoms with Crippen molar-refractivity contribution < 1.29 is 8.42 Å². The summed E-state index contributed by atoms with van der Waals surface area (Å²) in [5.74, 6) is 0.0925. The maximum absolute atomic E-state index is 11.0. The molecule has 1 aliphatic heterocycles. The zero-order valence-corrected chi connectivity index (χ0v) is 19.0. The number of hydrogen-bond acceptors (Lipinski definition) is 4. The van der Waals surface area contributed by atoms with E-state index in [9.17, 15) is 8.42 Å². The molecule has 0 aliphatic carbocycles. The second-order valence-corrected chi connectivity index (χ2v) is 10.3. The summed E-state index contributed by atoms with van der Waals surface area (Å²) in [5.41, 5.74) is 3.72. The van der Waals surface area contributed by atoms with E-state index in [0.717, 1.165) is 56.9 Å². The van der Waals surface area contributed by atoms with Gasteiger partial charge < -0.3 is 5.32 Å². The maximum atomic E-state index is 11.0. The van der Waals surface area contributed by atoms with Crippen LogP contribution in [0.1, 0.15) is 31.2 Å². The van der Waals surface area contributed by atoms with Crippen LogP contribution in [0.25, 0.3) is 11.1 Å². The Hall–Kier alpha value is -1.44. The van der Waals surface area contributed by atoms with Crippen LogP contribution in [0.3, 0.4) is 0 Å². The van der Waals surface area contributed by atoms with Crippen LogP contribution in [-0.4, -0.2) is 51.3 Å². The zero-order chi connectivity index (χ0) is 21.4. The van der Waals surface area contributed by atoms with Crippen molar-refractivity contribution in [2.24, 2.45) is 5.14 Å². The summed E-state index contributed by atoms with van der Waals surface area (Å²) in [6.07, 6.45) is 4.74. The highest BCUT2D eigenvalue weighted by atomic mass is 35.5. The largest absolute Gasteiger partial charge is 0.314 e. The molecule has 1 fully saturated rings. The van der Waals surface area contributed by atoms with E-state index in [1.165, 1.54) is 16.7 Å². The molecule has 3 N–H and O–H groups in total. The molecule has 1 aliphatic rings. The number of halogens is 1. The number of nitrogens with two attached hydrogens (primary N) is 1. The van der Waals surface area contributed by atoms with Gasteiger partial charge in [0.05, 0.1) is 5.75 Å². The number of benzene rings is 2. The van der Waals surface area contributed by atoms with Crippen molar-refractivity contribution >= 4 is 21.6 Å². The van der Waals surface area contributed by atoms with Gasteiger partial charge in [-0.3, -0.25) is 4.90 Å². The molecule has 0 bridgehead atoms. The number of unbranched alkanes of at least 4 members (excludes halogenated alkanes) is 3. The Labute approximate surface area is 185 Å². The summed E-state index contributed by atoms with van der Waals surface area (Å²) in [5, 5.41) is 9.33. The van der Waals surface area contributed by atoms with Gasteiger partial charge in [-0.2, -0.15) is 0 Å². The first kappa shape index (κ1) is 23.2. The second kappa shape index (κ2) is 11.3. The fraction of sp³-hybridized carbons (Fsp3) is 0.478. The first-order valence-electron chi connectivity index (χ1n) is 10.7. The molecule has 164 valence electrons. The predicted octanol–water partition coefficient (Wildman–Crippen LogP) is 3.67. The lowest BCUT2D eigenvalue weighted by atomic mass is 9.99. The highest BCUT2D eigenvalue weighted by Crippen LogP contribution is 2.23. The topological polar surface area (TPSA) is 75.4 Å². The predicted molar refractivity (Wildman–Crippen MR) is 125 cm³/mol. The van der Waals surface area contributed by atoms with E-state index >= 15 is 0 Å². The number of sulfonamides is 1. The minimum atomic E-state index is -3.32. The fourth-order valence-corrected chi connectivity index (χ4v) is 4.75. The van der Waals surface area contributed by atoms with Crippen LogP contribution in [0, 0.1) is 0 Å². The number of primary sulfonamides is 1. The molecule has 1 atom stereocenters. The van der Waals surface area contributed by atoms with E-state index in [1.54, 1.807) is 0 Å². The SMILES string of the molecule is NS(=O)(=O)CCCCCCN1CCNCC1Cc1ccc(-c2ccc(Cl)cc2)cc1. The van der Waals surface area contributed by atoms with Crippen LogP contribution < -0.4 is 10.5 Å². The van der Waals surface area contributed by atoms with Crippen LogP contribution in [0.5, 0.6) is 0 Å². The minimum absolute atomic E-state index is 0.0925. The van der Waals surface area contributed by atoms with Gasteiger partial charge in [-0.25, -0.2) is 13.6 Å². The van der Waals surface area contributed by atoms with Gasteiger partial charge in [0, 0.05) is 30.7 Å². The van der Waals surface area contributed by atoms with Crippen LogP contribution in [0.15, 0.2) is 48.5 Å². The Morgan fingerprint density at radius 2 is 1.60 bits per heavy atom. The van der Waals surface area contributed by atoms with Crippen molar-refractivity contribution in [2.75, 3.05) is 31.9 Å². The van der Waals surface area contributed by atoms with E-state index in [0.29, 0.717) is 12.5 Å². The lowest BCUT2D eigenvalue weighted by Gasteiger charge is -2.36. The van der Waals surface area contributed by atoms with Gasteiger partial charge in [0.1, 0.15) is 0 Å². The van der Waals surface area contributed by atoms with Gasteiger partial charge in [0.25, 0.3) is 0 Å². The number of hydrogen-bond donors (Lipinski definition) is 2. The molecule has 0 amide bonds. The van der Waals surface area contributed by atoms with E-state index < -0.39 is 10.0 Å². The number of nitrogens with zero attached hydrogens (tertiary/aromatic N) is 1. The molecule has 2 aromatic carbocycles. The Morgan fingerprint density at radius 3 is 2.27 bits per heavy atom. The zero-order valence-electron chi connectivity index (χ0n) is 17.4. The molecule has 0 saturated carbocycles. The van der Waals surface area contributed by atoms with Crippen molar-refractivity contribution in [1.82, 2.24) is 10.2 Å². The number of piperazine rings is 1. The molecule has 30 heavy (non-hydrogen) atoms. The van der Waals surface area contributed by atoms with Crippen LogP contribution in [0.4, 0.5) is 0 Å². The van der Waals surface area contributed by atoms with Crippen molar-refractivity contribution in [3.63, 3.8) is 0 Å². The Balaban J connectivity index is 1.48. The van der Waals surface area contributed by atoms with E-state index in [1.807, 2.05) is 24.3 Å². The molecule has 1 saturated heterocycles. The molecular formula is C23H32ClN3O2S. The standard InChI is InChI=1S/C23H32ClN3O2S/c24-22-11-9-21(10-12-22)20-7-5-19(6-8-20)17-23-18-26-13-15-27(23)14-3-1-2-4-16-30(25,28)29/h5-12,23,26H,1-4,13-18H2,(H2,25,28,29). The van der Waals surface area contributed by atoms with Crippen molar-refractivity contribution in [3.8, 4) is 11.1 Å². The summed E-state index contributed by atoms with van der Waals surface area (Å²) in [4.78, 5) is 2.57. The lowest BCUT2D eigenvalue weighted by Crippen LogP contribution is -2.52. The third kappa shape index (κ3) is 7.67. The fourth-order valence-electron chi connectivity index (χ4n) is 4.02. The second-order valence-electron chi connectivity index (χ2n) is 8.08. The molecule has 1 heterocycles. The van der Waals surface area contributed by atoms with Crippen molar-refractivity contribution in [1.29, 1.82) is 0 Å². The monoisotopic (exact) mass is 449 g/mol. The molecule has 0 aromatic heterocycles. The average molecular weight is 450 g/mol. The highest BCUT2D eigenvalue weighted by molar-refractivity contribution is 7.89. The molecule has 0 radical (unpaired) electrons. The van der Waals surface area contributed by atoms with Crippen molar-refractivity contribution in [2.45, 2.75) is 38.1 Å². The molecule has 0 spiro atoms. The Kier molecular flexibility index (Phi) is 8.72. The summed E-state index contributed by atoms with van der Waals surface area (Å²) in [6.45, 7) is 4.15. The Bertz CT molecular complexity index is 886. The van der Waals surface area contributed by atoms with Crippen LogP contribution in [0.2, 0.25) is 5.02 Å². The van der Waals surface area contributed by atoms with Gasteiger partial charge in [0.2, 0.25) is 10.0 Å². The highest BCUT2D eigenvalue weighted by Gasteiger charge is 2.21. The van der Waals surface area contributed by atoms with Crippen LogP contribution >= 0.6 is 11.6 Å². The molecule has 3 rings (SSSR count). The molecule has 7 heteroatoms. The van der Waals surface area contributed by atoms with Gasteiger partial charge in [-0.05, 0) is 54.6 Å². The van der Waals surface area contributed by atoms with Gasteiger partial charge >= 0.3 is 0 Å². The van der Waals surface area contributed by atoms with Gasteiger partial charge in [-0.1, -0.05) is 60.8 Å². The van der Waals surface area contributed by atoms with Crippen molar-refractivity contribution in [3.05, 3.63) is 59.1 Å². The summed E-state index contributed by atoms with van der Waals surface area (Å²) < 4.78 is 22.0. The molecule has 5 nitrogen and oxygen atoms in total. The molecule has 2 aromatic rings. The summed E-state index contributed by atoms with van der Waals surface area (Å²) >= 11 is 5.99. The van der Waals surface area contributed by atoms with Crippen LogP contribution in [-0.2, 0) is 16.4 Å². The van der Waals surface area contributed by atoms with E-state index in [4.69, 9.17) is 16.7 Å². The molecule has 1 unspecified atom stereocenters. The molecular weight excluding hydrogens is 418 g/mol. The van der Waals surface area contributed by atoms with E-state index in [-0.39, 0.29) is 5.75 Å². The normalized spacial score (nSPS) is 17.9. The Morgan fingerprint density at radius 1 is 0.967 bits per heavy atom. The third-order valence-electron chi connectivity index (χ3n) is 5.70. The quantitative estimate of drug-likeness (QED) is 0.542. The van der Waals surface area contributed by atoms with E-state index in [2.05, 4.69) is 34.5 Å². The van der Waals surface area contributed by atoms with Gasteiger partial charge in [-0.15, -0.1) is 0 Å². The average Bonchev–Trinajstić information content (AvgIpc) is 2.72. The maximum Gasteiger partial charge on any atom is 0.209 e. The number of rotatable bonds is 10. The minimum Gasteiger partial charge on any atom is -0.314 e. The van der Waals surface area contributed by atoms with Gasteiger partial charge in [0.15, 0.2) is 0 Å². The smallest absolute Gasteiger partial charge is 0.209 e. The summed E-state index contributed by atoms with van der Waals surface area (Å²) in [7, 11) is -3.32. The summed E-state index contributed by atoms with van der Waals surface area (Å²) in [6, 6.07) is 17.3. The first-order chi connectivity index (χ1) is 14.4. The lowest BCUT2D eigenvalue weighted by molar-refractivity contribution is 0.157. The number of nitrogens with one attached hydrogen (secondary N) is 1. The first-order valence-corrected chi connectivity index (χ1v) is 12.8. The third-order valence-corrected chi connectivity index (χ3v) is 6.81.